The van der Waals surface area contributed by atoms with Crippen LogP contribution in [-0.2, 0) is 11.2 Å². The van der Waals surface area contributed by atoms with Crippen LogP contribution >= 0.6 is 11.8 Å². The molecule has 0 bridgehead atoms. The molecule has 2 aliphatic rings. The van der Waals surface area contributed by atoms with Crippen LogP contribution in [0.15, 0.2) is 28.2 Å². The van der Waals surface area contributed by atoms with E-state index < -0.39 is 12.0 Å². The van der Waals surface area contributed by atoms with Gasteiger partial charge in [-0.2, -0.15) is 0 Å². The van der Waals surface area contributed by atoms with Crippen molar-refractivity contribution >= 4 is 34.2 Å². The Balaban J connectivity index is 1.83. The molecule has 6 heteroatoms. The Morgan fingerprint density at radius 3 is 3.05 bits per heavy atom. The molecule has 0 unspecified atom stereocenters. The summed E-state index contributed by atoms with van der Waals surface area (Å²) in [5, 5.41) is 9.69. The fourth-order valence-electron chi connectivity index (χ4n) is 2.09. The number of hydrogen-bond donors (Lipinski definition) is 1. The highest BCUT2D eigenvalue weighted by Crippen LogP contribution is 2.33. The van der Waals surface area contributed by atoms with Gasteiger partial charge in [0, 0.05) is 12.2 Å². The molecule has 98 valence electrons. The van der Waals surface area contributed by atoms with Crippen LogP contribution in [0.25, 0.3) is 0 Å². The number of carboxylic acid groups (broad SMARTS) is 1. The van der Waals surface area contributed by atoms with Crippen molar-refractivity contribution < 1.29 is 14.6 Å². The first-order valence-electron chi connectivity index (χ1n) is 5.85. The molecule has 0 amide bonds. The summed E-state index contributed by atoms with van der Waals surface area (Å²) in [6, 6.07) is 5.10. The highest BCUT2D eigenvalue weighted by atomic mass is 32.2. The van der Waals surface area contributed by atoms with E-state index in [4.69, 9.17) is 9.84 Å². The lowest BCUT2D eigenvalue weighted by atomic mass is 10.1. The van der Waals surface area contributed by atoms with Crippen LogP contribution in [0.4, 0.5) is 5.69 Å². The number of benzene rings is 1. The van der Waals surface area contributed by atoms with Crippen molar-refractivity contribution in [3.63, 3.8) is 0 Å². The molecular formula is C13H12N2O3S. The minimum atomic E-state index is -0.875. The van der Waals surface area contributed by atoms with E-state index in [1.165, 1.54) is 11.8 Å². The number of fused-ring (bicyclic) bond motifs is 1. The molecule has 1 atom stereocenters. The predicted octanol–water partition coefficient (Wildman–Crippen LogP) is 1.92. The molecule has 0 radical (unpaired) electrons. The number of methoxy groups -OCH3 is 1. The average Bonchev–Trinajstić information content (AvgIpc) is 3.04. The predicted molar refractivity (Wildman–Crippen MR) is 75.1 cm³/mol. The van der Waals surface area contributed by atoms with Gasteiger partial charge >= 0.3 is 5.97 Å². The lowest BCUT2D eigenvalue weighted by molar-refractivity contribution is -0.137. The Kier molecular flexibility index (Phi) is 3.02. The van der Waals surface area contributed by atoms with Gasteiger partial charge in [0.1, 0.15) is 10.8 Å². The first kappa shape index (κ1) is 12.2. The van der Waals surface area contributed by atoms with E-state index in [0.717, 1.165) is 27.8 Å². The van der Waals surface area contributed by atoms with E-state index >= 15 is 0 Å². The van der Waals surface area contributed by atoms with Gasteiger partial charge in [0.25, 0.3) is 0 Å². The zero-order valence-electron chi connectivity index (χ0n) is 10.3. The van der Waals surface area contributed by atoms with Crippen LogP contribution in [-0.4, -0.2) is 40.7 Å². The summed E-state index contributed by atoms with van der Waals surface area (Å²) in [4.78, 5) is 19.6. The number of thioether (sulfide) groups is 1. The SMILES string of the molecule is COc1ccc2c(c1)CC(C1=N[C@@H](C(=O)O)CS1)=N2. The second kappa shape index (κ2) is 4.70. The van der Waals surface area contributed by atoms with Crippen molar-refractivity contribution in [1.29, 1.82) is 0 Å². The number of carboxylic acids is 1. The third kappa shape index (κ3) is 2.23. The third-order valence-electron chi connectivity index (χ3n) is 3.08. The van der Waals surface area contributed by atoms with E-state index in [9.17, 15) is 4.79 Å². The topological polar surface area (TPSA) is 71.2 Å². The molecule has 0 spiro atoms. The molecule has 0 saturated carbocycles. The molecule has 1 aromatic carbocycles. The standard InChI is InChI=1S/C13H12N2O3S/c1-18-8-2-3-9-7(4-8)5-10(14-9)12-15-11(6-19-12)13(16)17/h2-4,11H,5-6H2,1H3,(H,16,17)/t11-/m1/s1. The Hall–Kier alpha value is -1.82. The number of rotatable bonds is 3. The van der Waals surface area contributed by atoms with Crippen molar-refractivity contribution in [2.24, 2.45) is 9.98 Å². The van der Waals surface area contributed by atoms with Gasteiger partial charge in [-0.05, 0) is 23.8 Å². The van der Waals surface area contributed by atoms with Crippen molar-refractivity contribution in [3.05, 3.63) is 23.8 Å². The summed E-state index contributed by atoms with van der Waals surface area (Å²) in [7, 11) is 1.63. The summed E-state index contributed by atoms with van der Waals surface area (Å²) >= 11 is 1.46. The van der Waals surface area contributed by atoms with Crippen molar-refractivity contribution in [3.8, 4) is 5.75 Å². The number of aliphatic carboxylic acids is 1. The summed E-state index contributed by atoms with van der Waals surface area (Å²) < 4.78 is 5.18. The summed E-state index contributed by atoms with van der Waals surface area (Å²) in [6.45, 7) is 0. The van der Waals surface area contributed by atoms with E-state index in [1.807, 2.05) is 18.2 Å². The molecule has 19 heavy (non-hydrogen) atoms. The van der Waals surface area contributed by atoms with Crippen LogP contribution in [0.1, 0.15) is 5.56 Å². The molecule has 5 nitrogen and oxygen atoms in total. The Morgan fingerprint density at radius 2 is 2.37 bits per heavy atom. The number of nitrogens with zero attached hydrogens (tertiary/aromatic N) is 2. The number of aliphatic imine (C=N–C) groups is 2. The lowest BCUT2D eigenvalue weighted by Crippen LogP contribution is -2.17. The van der Waals surface area contributed by atoms with Gasteiger partial charge in [-0.15, -0.1) is 11.8 Å². The number of hydrogen-bond acceptors (Lipinski definition) is 5. The van der Waals surface area contributed by atoms with Crippen LogP contribution in [0.5, 0.6) is 5.75 Å². The largest absolute Gasteiger partial charge is 0.497 e. The minimum Gasteiger partial charge on any atom is -0.497 e. The van der Waals surface area contributed by atoms with Crippen molar-refractivity contribution in [1.82, 2.24) is 0 Å². The average molecular weight is 276 g/mol. The zero-order chi connectivity index (χ0) is 13.4. The smallest absolute Gasteiger partial charge is 0.329 e. The summed E-state index contributed by atoms with van der Waals surface area (Å²) in [6.07, 6.45) is 0.685. The quantitative estimate of drug-likeness (QED) is 0.915. The first-order chi connectivity index (χ1) is 9.17. The maximum Gasteiger partial charge on any atom is 0.329 e. The van der Waals surface area contributed by atoms with Crippen LogP contribution in [0, 0.1) is 0 Å². The van der Waals surface area contributed by atoms with Gasteiger partial charge in [0.05, 0.1) is 18.5 Å². The fourth-order valence-corrected chi connectivity index (χ4v) is 3.11. The number of ether oxygens (including phenoxy) is 1. The Bertz CT molecular complexity index is 610. The van der Waals surface area contributed by atoms with Gasteiger partial charge in [-0.25, -0.2) is 9.79 Å². The summed E-state index contributed by atoms with van der Waals surface area (Å²) in [5.74, 6) is 0.420. The van der Waals surface area contributed by atoms with Crippen LogP contribution < -0.4 is 4.74 Å². The van der Waals surface area contributed by atoms with Crippen LogP contribution in [0.2, 0.25) is 0 Å². The minimum absolute atomic E-state index is 0.489. The van der Waals surface area contributed by atoms with E-state index in [-0.39, 0.29) is 0 Å². The van der Waals surface area contributed by atoms with E-state index in [0.29, 0.717) is 12.2 Å². The molecule has 0 fully saturated rings. The normalized spacial score (nSPS) is 20.8. The molecule has 2 heterocycles. The monoisotopic (exact) mass is 276 g/mol. The molecular weight excluding hydrogens is 264 g/mol. The fraction of sp³-hybridized carbons (Fsp3) is 0.308. The van der Waals surface area contributed by atoms with Gasteiger partial charge in [-0.3, -0.25) is 4.99 Å². The van der Waals surface area contributed by atoms with E-state index in [1.54, 1.807) is 7.11 Å². The maximum atomic E-state index is 10.9. The van der Waals surface area contributed by atoms with E-state index in [2.05, 4.69) is 9.98 Å². The second-order valence-corrected chi connectivity index (χ2v) is 5.34. The van der Waals surface area contributed by atoms with Gasteiger partial charge in [-0.1, -0.05) is 0 Å². The highest BCUT2D eigenvalue weighted by molar-refractivity contribution is 8.16. The molecule has 0 saturated heterocycles. The molecule has 1 N–H and O–H groups in total. The first-order valence-corrected chi connectivity index (χ1v) is 6.84. The molecule has 0 aromatic heterocycles. The molecule has 2 aliphatic heterocycles. The Morgan fingerprint density at radius 1 is 1.53 bits per heavy atom. The van der Waals surface area contributed by atoms with Crippen LogP contribution in [0.3, 0.4) is 0 Å². The number of carbonyl (C=O) groups is 1. The zero-order valence-corrected chi connectivity index (χ0v) is 11.1. The molecule has 0 aliphatic carbocycles. The van der Waals surface area contributed by atoms with Crippen molar-refractivity contribution in [2.45, 2.75) is 12.5 Å². The third-order valence-corrected chi connectivity index (χ3v) is 4.18. The summed E-state index contributed by atoms with van der Waals surface area (Å²) in [5.41, 5.74) is 2.87. The maximum absolute atomic E-state index is 10.9. The van der Waals surface area contributed by atoms with Gasteiger partial charge in [0.2, 0.25) is 0 Å². The highest BCUT2D eigenvalue weighted by Gasteiger charge is 2.29. The van der Waals surface area contributed by atoms with Crippen molar-refractivity contribution in [2.75, 3.05) is 12.9 Å². The van der Waals surface area contributed by atoms with Gasteiger partial charge < -0.3 is 9.84 Å². The molecule has 3 rings (SSSR count). The lowest BCUT2D eigenvalue weighted by Gasteiger charge is -2.01. The molecule has 1 aromatic rings. The second-order valence-electron chi connectivity index (χ2n) is 4.33. The van der Waals surface area contributed by atoms with Gasteiger partial charge in [0.15, 0.2) is 6.04 Å². The Labute approximate surface area is 114 Å².